The molecule has 0 aromatic carbocycles. The molecule has 0 radical (unpaired) electrons. The zero-order chi connectivity index (χ0) is 15.4. The number of nitrogens with one attached hydrogen (secondary N) is 3. The van der Waals surface area contributed by atoms with Crippen molar-refractivity contribution in [2.24, 2.45) is 0 Å². The van der Waals surface area contributed by atoms with Gasteiger partial charge in [-0.1, -0.05) is 32.4 Å². The van der Waals surface area contributed by atoms with Crippen LogP contribution >= 0.6 is 22.9 Å². The lowest BCUT2D eigenvalue weighted by atomic mass is 10.2. The number of carbonyl (C=O) groups is 1. The molecule has 2 rings (SSSR count). The maximum Gasteiger partial charge on any atom is 0.240 e. The number of aromatic amines is 1. The number of imidazole rings is 1. The SMILES string of the molecule is CCc1[nH]c(NC(=O)CNC(C)C)nc1-c1ccc(Cl)s1. The highest BCUT2D eigenvalue weighted by atomic mass is 35.5. The predicted octanol–water partition coefficient (Wildman–Crippen LogP) is 3.29. The fourth-order valence-corrected chi connectivity index (χ4v) is 2.90. The highest BCUT2D eigenvalue weighted by Gasteiger charge is 2.14. The number of rotatable bonds is 6. The van der Waals surface area contributed by atoms with Crippen molar-refractivity contribution in [2.45, 2.75) is 33.2 Å². The summed E-state index contributed by atoms with van der Waals surface area (Å²) in [5, 5.41) is 5.84. The molecule has 7 heteroatoms. The van der Waals surface area contributed by atoms with Gasteiger partial charge in [0.25, 0.3) is 0 Å². The van der Waals surface area contributed by atoms with Crippen molar-refractivity contribution in [3.8, 4) is 10.6 Å². The van der Waals surface area contributed by atoms with E-state index in [-0.39, 0.29) is 18.5 Å². The van der Waals surface area contributed by atoms with Crippen LogP contribution in [0.15, 0.2) is 12.1 Å². The summed E-state index contributed by atoms with van der Waals surface area (Å²) in [6.07, 6.45) is 0.804. The summed E-state index contributed by atoms with van der Waals surface area (Å²) in [6, 6.07) is 4.05. The van der Waals surface area contributed by atoms with Crippen LogP contribution in [0, 0.1) is 0 Å². The average Bonchev–Trinajstić information content (AvgIpc) is 3.02. The number of halogens is 1. The molecule has 3 N–H and O–H groups in total. The second-order valence-corrected chi connectivity index (χ2v) is 6.67. The van der Waals surface area contributed by atoms with E-state index in [1.54, 1.807) is 0 Å². The molecule has 0 aliphatic carbocycles. The number of H-pyrrole nitrogens is 1. The third-order valence-corrected chi connectivity index (χ3v) is 4.11. The molecule has 0 aliphatic heterocycles. The Morgan fingerprint density at radius 2 is 2.24 bits per heavy atom. The zero-order valence-corrected chi connectivity index (χ0v) is 13.9. The molecule has 0 saturated heterocycles. The second-order valence-electron chi connectivity index (χ2n) is 4.95. The zero-order valence-electron chi connectivity index (χ0n) is 12.3. The van der Waals surface area contributed by atoms with Crippen LogP contribution in [0.1, 0.15) is 26.5 Å². The van der Waals surface area contributed by atoms with Crippen molar-refractivity contribution in [1.29, 1.82) is 0 Å². The molecule has 2 heterocycles. The first kappa shape index (κ1) is 16.0. The van der Waals surface area contributed by atoms with Gasteiger partial charge in [0.15, 0.2) is 0 Å². The smallest absolute Gasteiger partial charge is 0.240 e. The molecule has 0 aliphatic rings. The van der Waals surface area contributed by atoms with Crippen LogP contribution in [-0.2, 0) is 11.2 Å². The summed E-state index contributed by atoms with van der Waals surface area (Å²) in [5.74, 6) is 0.359. The Kier molecular flexibility index (Phi) is 5.39. The molecule has 0 atom stereocenters. The first-order valence-corrected chi connectivity index (χ1v) is 8.06. The topological polar surface area (TPSA) is 69.8 Å². The quantitative estimate of drug-likeness (QED) is 0.763. The minimum absolute atomic E-state index is 0.115. The van der Waals surface area contributed by atoms with E-state index in [1.165, 1.54) is 11.3 Å². The van der Waals surface area contributed by atoms with Gasteiger partial charge in [-0.2, -0.15) is 0 Å². The highest BCUT2D eigenvalue weighted by molar-refractivity contribution is 7.19. The van der Waals surface area contributed by atoms with Crippen LogP contribution in [0.4, 0.5) is 5.95 Å². The van der Waals surface area contributed by atoms with Crippen LogP contribution in [0.5, 0.6) is 0 Å². The molecule has 21 heavy (non-hydrogen) atoms. The molecule has 0 saturated carbocycles. The van der Waals surface area contributed by atoms with Crippen LogP contribution in [0.3, 0.4) is 0 Å². The number of aromatic nitrogens is 2. The number of carbonyl (C=O) groups excluding carboxylic acids is 1. The predicted molar refractivity (Wildman–Crippen MR) is 88.1 cm³/mol. The lowest BCUT2D eigenvalue weighted by Crippen LogP contribution is -2.32. The van der Waals surface area contributed by atoms with Crippen LogP contribution < -0.4 is 10.6 Å². The van der Waals surface area contributed by atoms with Crippen LogP contribution in [0.2, 0.25) is 4.34 Å². The second kappa shape index (κ2) is 7.06. The average molecular weight is 327 g/mol. The largest absolute Gasteiger partial charge is 0.327 e. The van der Waals surface area contributed by atoms with Gasteiger partial charge < -0.3 is 10.3 Å². The number of hydrogen-bond acceptors (Lipinski definition) is 4. The Labute approximate surface area is 133 Å². The van der Waals surface area contributed by atoms with E-state index >= 15 is 0 Å². The number of amides is 1. The molecule has 0 bridgehead atoms. The molecule has 0 spiro atoms. The van der Waals surface area contributed by atoms with Gasteiger partial charge in [0.2, 0.25) is 11.9 Å². The molecule has 0 unspecified atom stereocenters. The van der Waals surface area contributed by atoms with Gasteiger partial charge in [-0.15, -0.1) is 11.3 Å². The lowest BCUT2D eigenvalue weighted by molar-refractivity contribution is -0.115. The van der Waals surface area contributed by atoms with Gasteiger partial charge in [0.1, 0.15) is 5.69 Å². The summed E-state index contributed by atoms with van der Waals surface area (Å²) < 4.78 is 0.724. The fourth-order valence-electron chi connectivity index (χ4n) is 1.84. The normalized spacial score (nSPS) is 11.1. The van der Waals surface area contributed by atoms with E-state index in [1.807, 2.05) is 32.9 Å². The molecular weight excluding hydrogens is 308 g/mol. The summed E-state index contributed by atoms with van der Waals surface area (Å²) in [4.78, 5) is 20.4. The Balaban J connectivity index is 2.12. The Morgan fingerprint density at radius 1 is 1.48 bits per heavy atom. The number of nitrogens with zero attached hydrogens (tertiary/aromatic N) is 1. The van der Waals surface area contributed by atoms with Crippen molar-refractivity contribution in [3.63, 3.8) is 0 Å². The molecule has 2 aromatic heterocycles. The van der Waals surface area contributed by atoms with Gasteiger partial charge in [0.05, 0.1) is 15.8 Å². The molecule has 5 nitrogen and oxygen atoms in total. The number of anilines is 1. The summed E-state index contributed by atoms with van der Waals surface area (Å²) >= 11 is 7.44. The highest BCUT2D eigenvalue weighted by Crippen LogP contribution is 2.32. The summed E-state index contributed by atoms with van der Waals surface area (Å²) in [5.41, 5.74) is 1.84. The molecule has 2 aromatic rings. The fraction of sp³-hybridized carbons (Fsp3) is 0.429. The number of hydrogen-bond donors (Lipinski definition) is 3. The molecule has 114 valence electrons. The molecular formula is C14H19ClN4OS. The maximum atomic E-state index is 11.8. The van der Waals surface area contributed by atoms with E-state index in [2.05, 4.69) is 20.6 Å². The Hall–Kier alpha value is -1.37. The third-order valence-electron chi connectivity index (χ3n) is 2.87. The monoisotopic (exact) mass is 326 g/mol. The Bertz CT molecular complexity index is 620. The van der Waals surface area contributed by atoms with E-state index in [0.29, 0.717) is 5.95 Å². The number of aryl methyl sites for hydroxylation is 1. The van der Waals surface area contributed by atoms with Crippen LogP contribution in [0.25, 0.3) is 10.6 Å². The van der Waals surface area contributed by atoms with Crippen molar-refractivity contribution in [3.05, 3.63) is 22.2 Å². The number of thiophene rings is 1. The molecule has 0 fully saturated rings. The minimum atomic E-state index is -0.115. The van der Waals surface area contributed by atoms with E-state index in [0.717, 1.165) is 27.0 Å². The van der Waals surface area contributed by atoms with E-state index in [4.69, 9.17) is 11.6 Å². The first-order chi connectivity index (χ1) is 9.99. The van der Waals surface area contributed by atoms with Crippen molar-refractivity contribution >= 4 is 34.8 Å². The summed E-state index contributed by atoms with van der Waals surface area (Å²) in [7, 11) is 0. The van der Waals surface area contributed by atoms with Gasteiger partial charge in [0, 0.05) is 11.7 Å². The minimum Gasteiger partial charge on any atom is -0.327 e. The maximum absolute atomic E-state index is 11.8. The third kappa shape index (κ3) is 4.30. The standard InChI is InChI=1S/C14H19ClN4OS/c1-4-9-13(10-5-6-11(15)21-10)19-14(17-9)18-12(20)7-16-8(2)3/h5-6,8,16H,4,7H2,1-3H3,(H2,17,18,19,20). The van der Waals surface area contributed by atoms with Crippen molar-refractivity contribution in [2.75, 3.05) is 11.9 Å². The van der Waals surface area contributed by atoms with Crippen molar-refractivity contribution in [1.82, 2.24) is 15.3 Å². The van der Waals surface area contributed by atoms with Gasteiger partial charge in [-0.3, -0.25) is 10.1 Å². The summed E-state index contributed by atoms with van der Waals surface area (Å²) in [6.45, 7) is 6.29. The Morgan fingerprint density at radius 3 is 2.81 bits per heavy atom. The van der Waals surface area contributed by atoms with Crippen molar-refractivity contribution < 1.29 is 4.79 Å². The van der Waals surface area contributed by atoms with Gasteiger partial charge in [-0.25, -0.2) is 4.98 Å². The lowest BCUT2D eigenvalue weighted by Gasteiger charge is -2.06. The van der Waals surface area contributed by atoms with E-state index < -0.39 is 0 Å². The van der Waals surface area contributed by atoms with Gasteiger partial charge in [-0.05, 0) is 18.6 Å². The van der Waals surface area contributed by atoms with Crippen LogP contribution in [-0.4, -0.2) is 28.5 Å². The first-order valence-electron chi connectivity index (χ1n) is 6.87. The molecule has 1 amide bonds. The van der Waals surface area contributed by atoms with Gasteiger partial charge >= 0.3 is 0 Å². The van der Waals surface area contributed by atoms with E-state index in [9.17, 15) is 4.79 Å².